The van der Waals surface area contributed by atoms with Crippen molar-refractivity contribution in [3.63, 3.8) is 0 Å². The molecule has 128 valence electrons. The van der Waals surface area contributed by atoms with Gasteiger partial charge in [-0.25, -0.2) is 4.98 Å². The van der Waals surface area contributed by atoms with E-state index in [1.165, 1.54) is 0 Å². The average molecular weight is 346 g/mol. The highest BCUT2D eigenvalue weighted by atomic mass is 32.1. The van der Waals surface area contributed by atoms with Gasteiger partial charge in [-0.15, -0.1) is 11.3 Å². The van der Waals surface area contributed by atoms with Crippen LogP contribution in [-0.2, 0) is 27.3 Å². The van der Waals surface area contributed by atoms with Crippen LogP contribution in [0.2, 0.25) is 0 Å². The van der Waals surface area contributed by atoms with Gasteiger partial charge in [-0.2, -0.15) is 0 Å². The van der Waals surface area contributed by atoms with Crippen LogP contribution in [0.15, 0.2) is 35.7 Å². The maximum Gasteiger partial charge on any atom is 0.226 e. The number of thiazole rings is 1. The molecule has 1 amide bonds. The van der Waals surface area contributed by atoms with Gasteiger partial charge in [0.1, 0.15) is 6.10 Å². The largest absolute Gasteiger partial charge is 0.379 e. The van der Waals surface area contributed by atoms with Gasteiger partial charge in [0.15, 0.2) is 0 Å². The van der Waals surface area contributed by atoms with Crippen LogP contribution in [0.3, 0.4) is 0 Å². The first-order chi connectivity index (χ1) is 11.7. The molecule has 0 aliphatic carbocycles. The smallest absolute Gasteiger partial charge is 0.226 e. The molecule has 2 aromatic rings. The van der Waals surface area contributed by atoms with Crippen molar-refractivity contribution >= 4 is 17.2 Å². The van der Waals surface area contributed by atoms with E-state index in [2.05, 4.69) is 10.3 Å². The summed E-state index contributed by atoms with van der Waals surface area (Å²) in [7, 11) is 0. The quantitative estimate of drug-likeness (QED) is 0.873. The Kier molecular flexibility index (Phi) is 5.96. The molecule has 1 aromatic carbocycles. The Morgan fingerprint density at radius 3 is 3.00 bits per heavy atom. The molecule has 1 saturated heterocycles. The van der Waals surface area contributed by atoms with Gasteiger partial charge in [0, 0.05) is 12.0 Å². The fourth-order valence-corrected chi connectivity index (χ4v) is 3.34. The summed E-state index contributed by atoms with van der Waals surface area (Å²) in [6.07, 6.45) is 0.953. The minimum atomic E-state index is -0.125. The lowest BCUT2D eigenvalue weighted by atomic mass is 10.1. The lowest BCUT2D eigenvalue weighted by molar-refractivity contribution is -0.126. The predicted octanol–water partition coefficient (Wildman–Crippen LogP) is 2.48. The summed E-state index contributed by atoms with van der Waals surface area (Å²) in [5.41, 5.74) is 1.94. The number of benzene rings is 1. The van der Waals surface area contributed by atoms with Crippen LogP contribution in [0.5, 0.6) is 0 Å². The molecule has 2 atom stereocenters. The first-order valence-corrected chi connectivity index (χ1v) is 9.02. The van der Waals surface area contributed by atoms with E-state index in [1.807, 2.05) is 42.6 Å². The second-order valence-electron chi connectivity index (χ2n) is 5.91. The normalized spacial score (nSPS) is 20.7. The molecule has 3 rings (SSSR count). The summed E-state index contributed by atoms with van der Waals surface area (Å²) < 4.78 is 11.5. The fourth-order valence-electron chi connectivity index (χ4n) is 2.73. The van der Waals surface area contributed by atoms with E-state index in [9.17, 15) is 4.79 Å². The highest BCUT2D eigenvalue weighted by molar-refractivity contribution is 7.09. The number of rotatable bonds is 6. The van der Waals surface area contributed by atoms with E-state index in [4.69, 9.17) is 9.47 Å². The van der Waals surface area contributed by atoms with Gasteiger partial charge in [-0.05, 0) is 18.9 Å². The van der Waals surface area contributed by atoms with Crippen molar-refractivity contribution in [1.82, 2.24) is 10.3 Å². The number of carbonyl (C=O) groups excluding carboxylic acids is 1. The maximum atomic E-state index is 12.3. The van der Waals surface area contributed by atoms with Gasteiger partial charge in [0.25, 0.3) is 0 Å². The minimum Gasteiger partial charge on any atom is -0.379 e. The molecule has 0 spiro atoms. The Bertz CT molecular complexity index is 659. The SMILES string of the molecule is Cc1nc(CC(=O)N[C@@H]2CCOC[C@H]2OCc2ccccc2)cs1. The standard InChI is InChI=1S/C18H22N2O3S/c1-13-19-15(12-24-13)9-18(21)20-16-7-8-22-11-17(16)23-10-14-5-3-2-4-6-14/h2-6,12,16-17H,7-11H2,1H3,(H,20,21)/t16-,17-/m1/s1. The van der Waals surface area contributed by atoms with Crippen LogP contribution < -0.4 is 5.32 Å². The Morgan fingerprint density at radius 1 is 1.42 bits per heavy atom. The molecule has 0 saturated carbocycles. The molecule has 0 unspecified atom stereocenters. The molecule has 1 aliphatic rings. The van der Waals surface area contributed by atoms with Gasteiger partial charge >= 0.3 is 0 Å². The van der Waals surface area contributed by atoms with Gasteiger partial charge in [-0.3, -0.25) is 4.79 Å². The number of nitrogens with one attached hydrogen (secondary N) is 1. The first-order valence-electron chi connectivity index (χ1n) is 8.14. The molecular formula is C18H22N2O3S. The van der Waals surface area contributed by atoms with Gasteiger partial charge in [0.2, 0.25) is 5.91 Å². The van der Waals surface area contributed by atoms with E-state index >= 15 is 0 Å². The van der Waals surface area contributed by atoms with Gasteiger partial charge in [-0.1, -0.05) is 30.3 Å². The number of nitrogens with zero attached hydrogens (tertiary/aromatic N) is 1. The third kappa shape index (κ3) is 4.87. The van der Waals surface area contributed by atoms with Crippen LogP contribution in [0.1, 0.15) is 22.7 Å². The number of aryl methyl sites for hydroxylation is 1. The zero-order valence-corrected chi connectivity index (χ0v) is 14.6. The molecule has 0 bridgehead atoms. The van der Waals surface area contributed by atoms with Crippen LogP contribution in [-0.4, -0.2) is 36.3 Å². The summed E-state index contributed by atoms with van der Waals surface area (Å²) in [6.45, 7) is 3.62. The number of carbonyl (C=O) groups is 1. The van der Waals surface area contributed by atoms with Crippen LogP contribution >= 0.6 is 11.3 Å². The summed E-state index contributed by atoms with van der Waals surface area (Å²) in [5.74, 6) is -0.0134. The zero-order valence-electron chi connectivity index (χ0n) is 13.7. The predicted molar refractivity (Wildman–Crippen MR) is 92.9 cm³/mol. The first kappa shape index (κ1) is 17.1. The fraction of sp³-hybridized carbons (Fsp3) is 0.444. The Hall–Kier alpha value is -1.76. The number of amides is 1. The number of ether oxygens (including phenoxy) is 2. The third-order valence-electron chi connectivity index (χ3n) is 3.97. The molecule has 1 N–H and O–H groups in total. The summed E-state index contributed by atoms with van der Waals surface area (Å²) in [5, 5.41) is 6.00. The maximum absolute atomic E-state index is 12.3. The highest BCUT2D eigenvalue weighted by Gasteiger charge is 2.28. The minimum absolute atomic E-state index is 0.0134. The van der Waals surface area contributed by atoms with E-state index in [-0.39, 0.29) is 18.1 Å². The average Bonchev–Trinajstić information content (AvgIpc) is 3.00. The number of hydrogen-bond donors (Lipinski definition) is 1. The molecule has 1 aliphatic heterocycles. The molecule has 5 nitrogen and oxygen atoms in total. The molecule has 1 fully saturated rings. The molecule has 24 heavy (non-hydrogen) atoms. The Balaban J connectivity index is 1.52. The van der Waals surface area contributed by atoms with Gasteiger partial charge < -0.3 is 14.8 Å². The zero-order chi connectivity index (χ0) is 16.8. The van der Waals surface area contributed by atoms with Crippen molar-refractivity contribution in [2.45, 2.75) is 38.5 Å². The van der Waals surface area contributed by atoms with Gasteiger partial charge in [0.05, 0.1) is 36.4 Å². The summed E-state index contributed by atoms with van der Waals surface area (Å²) in [4.78, 5) is 16.6. The van der Waals surface area contributed by atoms with Crippen molar-refractivity contribution in [2.24, 2.45) is 0 Å². The van der Waals surface area contributed by atoms with Crippen molar-refractivity contribution in [1.29, 1.82) is 0 Å². The number of aromatic nitrogens is 1. The molecule has 0 radical (unpaired) electrons. The van der Waals surface area contributed by atoms with Crippen LogP contribution in [0.4, 0.5) is 0 Å². The Morgan fingerprint density at radius 2 is 2.25 bits per heavy atom. The highest BCUT2D eigenvalue weighted by Crippen LogP contribution is 2.15. The molecular weight excluding hydrogens is 324 g/mol. The number of hydrogen-bond acceptors (Lipinski definition) is 5. The van der Waals surface area contributed by atoms with Crippen molar-refractivity contribution < 1.29 is 14.3 Å². The molecule has 6 heteroatoms. The lowest BCUT2D eigenvalue weighted by Gasteiger charge is -2.32. The van der Waals surface area contributed by atoms with Crippen molar-refractivity contribution in [3.05, 3.63) is 52.0 Å². The summed E-state index contributed by atoms with van der Waals surface area (Å²) in [6, 6.07) is 10.0. The monoisotopic (exact) mass is 346 g/mol. The van der Waals surface area contributed by atoms with E-state index < -0.39 is 0 Å². The molecule has 2 heterocycles. The molecule has 1 aromatic heterocycles. The lowest BCUT2D eigenvalue weighted by Crippen LogP contribution is -2.50. The van der Waals surface area contributed by atoms with Crippen LogP contribution in [0.25, 0.3) is 0 Å². The third-order valence-corrected chi connectivity index (χ3v) is 4.79. The second-order valence-corrected chi connectivity index (χ2v) is 6.97. The van der Waals surface area contributed by atoms with Crippen molar-refractivity contribution in [3.8, 4) is 0 Å². The summed E-state index contributed by atoms with van der Waals surface area (Å²) >= 11 is 1.56. The van der Waals surface area contributed by atoms with E-state index in [0.29, 0.717) is 26.2 Å². The van der Waals surface area contributed by atoms with Crippen LogP contribution in [0, 0.1) is 6.92 Å². The topological polar surface area (TPSA) is 60.5 Å². The Labute approximate surface area is 146 Å². The van der Waals surface area contributed by atoms with E-state index in [1.54, 1.807) is 11.3 Å². The van der Waals surface area contributed by atoms with E-state index in [0.717, 1.165) is 22.7 Å². The second kappa shape index (κ2) is 8.37. The van der Waals surface area contributed by atoms with Crippen molar-refractivity contribution in [2.75, 3.05) is 13.2 Å².